The van der Waals surface area contributed by atoms with Gasteiger partial charge in [-0.2, -0.15) is 23.5 Å². The number of amides is 1. The molecular formula is C22H20F3N5O. The molecule has 9 heteroatoms. The number of anilines is 1. The molecule has 1 saturated carbocycles. The molecular weight excluding hydrogens is 407 g/mol. The van der Waals surface area contributed by atoms with Gasteiger partial charge in [0.2, 0.25) is 0 Å². The Morgan fingerprint density at radius 3 is 2.58 bits per heavy atom. The Morgan fingerprint density at radius 2 is 1.94 bits per heavy atom. The second-order valence-electron chi connectivity index (χ2n) is 7.72. The lowest BCUT2D eigenvalue weighted by atomic mass is 9.90. The molecule has 6 nitrogen and oxygen atoms in total. The number of nitrogens with zero attached hydrogens (tertiary/aromatic N) is 3. The van der Waals surface area contributed by atoms with E-state index in [0.717, 1.165) is 37.1 Å². The third-order valence-electron chi connectivity index (χ3n) is 5.74. The van der Waals surface area contributed by atoms with Crippen molar-refractivity contribution < 1.29 is 18.0 Å². The van der Waals surface area contributed by atoms with Gasteiger partial charge in [-0.1, -0.05) is 12.1 Å². The zero-order chi connectivity index (χ0) is 22.2. The van der Waals surface area contributed by atoms with Crippen LogP contribution in [0.25, 0.3) is 10.9 Å². The molecule has 31 heavy (non-hydrogen) atoms. The van der Waals surface area contributed by atoms with E-state index in [4.69, 9.17) is 11.0 Å². The summed E-state index contributed by atoms with van der Waals surface area (Å²) >= 11 is 0. The molecule has 4 rings (SSSR count). The summed E-state index contributed by atoms with van der Waals surface area (Å²) < 4.78 is 41.4. The second-order valence-corrected chi connectivity index (χ2v) is 7.72. The van der Waals surface area contributed by atoms with E-state index in [1.807, 2.05) is 10.7 Å². The quantitative estimate of drug-likeness (QED) is 0.635. The van der Waals surface area contributed by atoms with Gasteiger partial charge in [-0.25, -0.2) is 0 Å². The van der Waals surface area contributed by atoms with Gasteiger partial charge in [-0.15, -0.1) is 0 Å². The van der Waals surface area contributed by atoms with Crippen molar-refractivity contribution in [2.75, 3.05) is 5.32 Å². The number of aromatic nitrogens is 2. The molecule has 1 aliphatic rings. The molecule has 0 bridgehead atoms. The average Bonchev–Trinajstić information content (AvgIpc) is 3.18. The summed E-state index contributed by atoms with van der Waals surface area (Å²) in [5.41, 5.74) is 5.68. The highest BCUT2D eigenvalue weighted by Gasteiger charge is 2.34. The Hall–Kier alpha value is -3.54. The van der Waals surface area contributed by atoms with Crippen molar-refractivity contribution in [3.8, 4) is 6.07 Å². The number of rotatable bonds is 4. The zero-order valence-electron chi connectivity index (χ0n) is 16.5. The van der Waals surface area contributed by atoms with Crippen LogP contribution in [0.1, 0.15) is 53.2 Å². The van der Waals surface area contributed by atoms with Crippen LogP contribution >= 0.6 is 0 Å². The SMILES string of the molecule is N#Cc1ccc(NC2CCC(n3ncc4cccc(C(N)=O)c43)CC2)cc1C(F)(F)F. The van der Waals surface area contributed by atoms with Gasteiger partial charge in [0.1, 0.15) is 0 Å². The fourth-order valence-electron chi connectivity index (χ4n) is 4.25. The highest BCUT2D eigenvalue weighted by Crippen LogP contribution is 2.36. The van der Waals surface area contributed by atoms with Crippen LogP contribution in [-0.4, -0.2) is 21.7 Å². The molecule has 0 aliphatic heterocycles. The van der Waals surface area contributed by atoms with Gasteiger partial charge >= 0.3 is 6.18 Å². The monoisotopic (exact) mass is 427 g/mol. The molecule has 3 aromatic rings. The van der Waals surface area contributed by atoms with Crippen LogP contribution in [0, 0.1) is 11.3 Å². The van der Waals surface area contributed by atoms with E-state index in [9.17, 15) is 18.0 Å². The number of nitrogens with two attached hydrogens (primary N) is 1. The largest absolute Gasteiger partial charge is 0.417 e. The number of para-hydroxylation sites is 1. The smallest absolute Gasteiger partial charge is 0.382 e. The molecule has 2 aromatic carbocycles. The minimum atomic E-state index is -4.58. The Morgan fingerprint density at radius 1 is 1.19 bits per heavy atom. The third kappa shape index (κ3) is 4.06. The summed E-state index contributed by atoms with van der Waals surface area (Å²) in [6.07, 6.45) is 0.0906. The van der Waals surface area contributed by atoms with E-state index in [0.29, 0.717) is 16.8 Å². The van der Waals surface area contributed by atoms with E-state index in [1.54, 1.807) is 24.4 Å². The molecule has 0 saturated heterocycles. The van der Waals surface area contributed by atoms with Gasteiger partial charge in [0, 0.05) is 17.1 Å². The average molecular weight is 427 g/mol. The van der Waals surface area contributed by atoms with Crippen LogP contribution < -0.4 is 11.1 Å². The molecule has 3 N–H and O–H groups in total. The van der Waals surface area contributed by atoms with Crippen molar-refractivity contribution in [3.05, 3.63) is 59.3 Å². The first-order valence-electron chi connectivity index (χ1n) is 9.92. The van der Waals surface area contributed by atoms with Crippen molar-refractivity contribution in [1.29, 1.82) is 5.26 Å². The number of alkyl halides is 3. The lowest BCUT2D eigenvalue weighted by Crippen LogP contribution is -2.28. The number of benzene rings is 2. The summed E-state index contributed by atoms with van der Waals surface area (Å²) in [4.78, 5) is 11.8. The first-order chi connectivity index (χ1) is 14.8. The Balaban J connectivity index is 1.49. The maximum Gasteiger partial charge on any atom is 0.417 e. The second kappa shape index (κ2) is 7.95. The molecule has 0 unspecified atom stereocenters. The maximum absolute atomic E-state index is 13.2. The number of hydrogen-bond donors (Lipinski definition) is 2. The fourth-order valence-corrected chi connectivity index (χ4v) is 4.25. The van der Waals surface area contributed by atoms with Crippen LogP contribution in [0.4, 0.5) is 18.9 Å². The molecule has 1 aromatic heterocycles. The number of nitriles is 1. The summed E-state index contributed by atoms with van der Waals surface area (Å²) in [6.45, 7) is 0. The topological polar surface area (TPSA) is 96.7 Å². The predicted molar refractivity (Wildman–Crippen MR) is 109 cm³/mol. The molecule has 0 radical (unpaired) electrons. The minimum absolute atomic E-state index is 0.00251. The number of halogens is 3. The number of nitrogens with one attached hydrogen (secondary N) is 1. The van der Waals surface area contributed by atoms with Crippen molar-refractivity contribution in [1.82, 2.24) is 9.78 Å². The van der Waals surface area contributed by atoms with Gasteiger partial charge in [-0.3, -0.25) is 9.48 Å². The highest BCUT2D eigenvalue weighted by molar-refractivity contribution is 6.04. The van der Waals surface area contributed by atoms with Crippen molar-refractivity contribution in [2.45, 2.75) is 43.9 Å². The lowest BCUT2D eigenvalue weighted by Gasteiger charge is -2.30. The van der Waals surface area contributed by atoms with Crippen molar-refractivity contribution in [3.63, 3.8) is 0 Å². The van der Waals surface area contributed by atoms with Crippen LogP contribution in [0.15, 0.2) is 42.6 Å². The lowest BCUT2D eigenvalue weighted by molar-refractivity contribution is -0.137. The molecule has 0 spiro atoms. The molecule has 1 heterocycles. The maximum atomic E-state index is 13.2. The number of primary amides is 1. The number of fused-ring (bicyclic) bond motifs is 1. The van der Waals surface area contributed by atoms with E-state index in [-0.39, 0.29) is 12.1 Å². The standard InChI is InChI=1S/C22H20F3N5O/c23-22(24,25)19-10-16(5-4-13(19)11-26)29-15-6-8-17(9-7-15)30-20-14(12-28-30)2-1-3-18(20)21(27)31/h1-5,10,12,15,17,29H,6-9H2,(H2,27,31). The summed E-state index contributed by atoms with van der Waals surface area (Å²) in [7, 11) is 0. The molecule has 1 amide bonds. The molecule has 160 valence electrons. The van der Waals surface area contributed by atoms with Gasteiger partial charge in [0.15, 0.2) is 0 Å². The minimum Gasteiger partial charge on any atom is -0.382 e. The summed E-state index contributed by atoms with van der Waals surface area (Å²) in [5.74, 6) is -0.510. The van der Waals surface area contributed by atoms with E-state index < -0.39 is 23.2 Å². The molecule has 1 fully saturated rings. The fraction of sp³-hybridized carbons (Fsp3) is 0.318. The number of carbonyl (C=O) groups excluding carboxylic acids is 1. The Bertz CT molecular complexity index is 1170. The predicted octanol–water partition coefficient (Wildman–Crippen LogP) is 4.62. The first kappa shape index (κ1) is 20.7. The van der Waals surface area contributed by atoms with E-state index >= 15 is 0 Å². The van der Waals surface area contributed by atoms with E-state index in [2.05, 4.69) is 10.4 Å². The van der Waals surface area contributed by atoms with Gasteiger partial charge in [0.05, 0.1) is 40.5 Å². The Labute approximate surface area is 176 Å². The Kier molecular flexibility index (Phi) is 5.31. The van der Waals surface area contributed by atoms with Crippen LogP contribution in [0.2, 0.25) is 0 Å². The third-order valence-corrected chi connectivity index (χ3v) is 5.74. The normalized spacial score (nSPS) is 19.2. The highest BCUT2D eigenvalue weighted by atomic mass is 19.4. The zero-order valence-corrected chi connectivity index (χ0v) is 16.5. The van der Waals surface area contributed by atoms with Crippen molar-refractivity contribution in [2.24, 2.45) is 5.73 Å². The summed E-state index contributed by atoms with van der Waals surface area (Å²) in [6, 6.07) is 10.7. The number of carbonyl (C=O) groups is 1. The van der Waals surface area contributed by atoms with Crippen LogP contribution in [-0.2, 0) is 6.18 Å². The van der Waals surface area contributed by atoms with Crippen LogP contribution in [0.5, 0.6) is 0 Å². The number of hydrogen-bond acceptors (Lipinski definition) is 4. The van der Waals surface area contributed by atoms with Crippen molar-refractivity contribution >= 4 is 22.5 Å². The van der Waals surface area contributed by atoms with E-state index in [1.165, 1.54) is 12.1 Å². The molecule has 1 aliphatic carbocycles. The van der Waals surface area contributed by atoms with Gasteiger partial charge < -0.3 is 11.1 Å². The van der Waals surface area contributed by atoms with Gasteiger partial charge in [-0.05, 0) is 49.9 Å². The summed E-state index contributed by atoms with van der Waals surface area (Å²) in [5, 5.41) is 17.4. The van der Waals surface area contributed by atoms with Crippen LogP contribution in [0.3, 0.4) is 0 Å². The first-order valence-corrected chi connectivity index (χ1v) is 9.92. The van der Waals surface area contributed by atoms with Gasteiger partial charge in [0.25, 0.3) is 5.91 Å². The molecule has 0 atom stereocenters.